The standard InChI is InChI=1S/C20H22ClN3OS/c1-14-11-15(2)24(23-14)18(19-7-4-10-26-19)13-22-20(25)9-8-16-5-3-6-17(21)12-16/h3-7,10-12,18H,8-9,13H2,1-2H3,(H,22,25). The van der Waals surface area contributed by atoms with Gasteiger partial charge in [-0.25, -0.2) is 0 Å². The molecule has 1 amide bonds. The van der Waals surface area contributed by atoms with E-state index in [0.717, 1.165) is 17.0 Å². The molecule has 1 aromatic carbocycles. The van der Waals surface area contributed by atoms with Crippen LogP contribution in [0.15, 0.2) is 47.8 Å². The zero-order valence-corrected chi connectivity index (χ0v) is 16.5. The van der Waals surface area contributed by atoms with E-state index in [-0.39, 0.29) is 11.9 Å². The molecule has 1 N–H and O–H groups in total. The predicted molar refractivity (Wildman–Crippen MR) is 107 cm³/mol. The summed E-state index contributed by atoms with van der Waals surface area (Å²) in [5, 5.41) is 10.4. The van der Waals surface area contributed by atoms with Gasteiger partial charge in [0.1, 0.15) is 6.04 Å². The van der Waals surface area contributed by atoms with E-state index in [1.807, 2.05) is 48.9 Å². The summed E-state index contributed by atoms with van der Waals surface area (Å²) in [4.78, 5) is 13.5. The molecule has 0 saturated heterocycles. The molecular weight excluding hydrogens is 366 g/mol. The van der Waals surface area contributed by atoms with Crippen molar-refractivity contribution in [2.45, 2.75) is 32.7 Å². The molecule has 4 nitrogen and oxygen atoms in total. The Morgan fingerprint density at radius 2 is 2.12 bits per heavy atom. The lowest BCUT2D eigenvalue weighted by atomic mass is 10.1. The Bertz CT molecular complexity index is 873. The Morgan fingerprint density at radius 3 is 2.77 bits per heavy atom. The minimum atomic E-state index is 0.0128. The Kier molecular flexibility index (Phi) is 6.12. The monoisotopic (exact) mass is 387 g/mol. The molecule has 6 heteroatoms. The summed E-state index contributed by atoms with van der Waals surface area (Å²) in [6.07, 6.45) is 1.12. The number of hydrogen-bond donors (Lipinski definition) is 1. The van der Waals surface area contributed by atoms with Gasteiger partial charge >= 0.3 is 0 Å². The van der Waals surface area contributed by atoms with Gasteiger partial charge in [-0.15, -0.1) is 11.3 Å². The van der Waals surface area contributed by atoms with Crippen molar-refractivity contribution < 1.29 is 4.79 Å². The van der Waals surface area contributed by atoms with Gasteiger partial charge in [0.05, 0.1) is 5.69 Å². The summed E-state index contributed by atoms with van der Waals surface area (Å²) in [5.74, 6) is 0.0352. The van der Waals surface area contributed by atoms with Crippen molar-refractivity contribution in [2.24, 2.45) is 0 Å². The molecule has 0 aliphatic heterocycles. The van der Waals surface area contributed by atoms with Crippen molar-refractivity contribution in [3.05, 3.63) is 74.7 Å². The van der Waals surface area contributed by atoms with Crippen LogP contribution < -0.4 is 5.32 Å². The molecule has 26 heavy (non-hydrogen) atoms. The number of aromatic nitrogens is 2. The highest BCUT2D eigenvalue weighted by Gasteiger charge is 2.19. The summed E-state index contributed by atoms with van der Waals surface area (Å²) in [7, 11) is 0. The second-order valence-electron chi connectivity index (χ2n) is 6.34. The number of rotatable bonds is 7. The van der Waals surface area contributed by atoms with Crippen LogP contribution in [-0.4, -0.2) is 22.2 Å². The molecule has 2 aromatic heterocycles. The van der Waals surface area contributed by atoms with E-state index in [1.165, 1.54) is 4.88 Å². The Labute approximate surface area is 162 Å². The fourth-order valence-corrected chi connectivity index (χ4v) is 4.02. The number of hydrogen-bond acceptors (Lipinski definition) is 3. The smallest absolute Gasteiger partial charge is 0.220 e. The topological polar surface area (TPSA) is 46.9 Å². The predicted octanol–water partition coefficient (Wildman–Crippen LogP) is 4.55. The van der Waals surface area contributed by atoms with E-state index in [4.69, 9.17) is 11.6 Å². The van der Waals surface area contributed by atoms with Gasteiger partial charge in [-0.2, -0.15) is 5.10 Å². The highest BCUT2D eigenvalue weighted by molar-refractivity contribution is 7.10. The van der Waals surface area contributed by atoms with Gasteiger partial charge in [0, 0.05) is 28.6 Å². The lowest BCUT2D eigenvalue weighted by molar-refractivity contribution is -0.121. The van der Waals surface area contributed by atoms with Crippen LogP contribution in [-0.2, 0) is 11.2 Å². The third-order valence-corrected chi connectivity index (χ3v) is 5.44. The third kappa shape index (κ3) is 4.74. The molecule has 0 aliphatic rings. The number of carbonyl (C=O) groups excluding carboxylic acids is 1. The molecule has 1 unspecified atom stereocenters. The molecule has 0 saturated carbocycles. The Morgan fingerprint density at radius 1 is 1.27 bits per heavy atom. The second kappa shape index (κ2) is 8.52. The average Bonchev–Trinajstić information content (AvgIpc) is 3.24. The first kappa shape index (κ1) is 18.7. The highest BCUT2D eigenvalue weighted by atomic mass is 35.5. The van der Waals surface area contributed by atoms with Gasteiger partial charge in [-0.05, 0) is 55.5 Å². The van der Waals surface area contributed by atoms with E-state index in [0.29, 0.717) is 24.4 Å². The van der Waals surface area contributed by atoms with E-state index in [1.54, 1.807) is 11.3 Å². The maximum absolute atomic E-state index is 12.3. The zero-order valence-electron chi connectivity index (χ0n) is 14.9. The third-order valence-electron chi connectivity index (χ3n) is 4.23. The first-order valence-electron chi connectivity index (χ1n) is 8.60. The second-order valence-corrected chi connectivity index (χ2v) is 7.75. The number of thiophene rings is 1. The van der Waals surface area contributed by atoms with Gasteiger partial charge in [0.25, 0.3) is 0 Å². The van der Waals surface area contributed by atoms with Gasteiger partial charge in [-0.3, -0.25) is 9.48 Å². The summed E-state index contributed by atoms with van der Waals surface area (Å²) in [6.45, 7) is 4.55. The SMILES string of the molecule is Cc1cc(C)n(C(CNC(=O)CCc2cccc(Cl)c2)c2cccs2)n1. The minimum Gasteiger partial charge on any atom is -0.354 e. The molecule has 0 bridgehead atoms. The first-order valence-corrected chi connectivity index (χ1v) is 9.86. The van der Waals surface area contributed by atoms with Crippen LogP contribution in [0.25, 0.3) is 0 Å². The van der Waals surface area contributed by atoms with Crippen LogP contribution in [0.5, 0.6) is 0 Å². The number of nitrogens with one attached hydrogen (secondary N) is 1. The number of carbonyl (C=O) groups is 1. The number of amides is 1. The fourth-order valence-electron chi connectivity index (χ4n) is 3.00. The molecule has 3 aromatic rings. The van der Waals surface area contributed by atoms with Crippen molar-refractivity contribution in [3.8, 4) is 0 Å². The lowest BCUT2D eigenvalue weighted by Gasteiger charge is -2.19. The summed E-state index contributed by atoms with van der Waals surface area (Å²) in [5.41, 5.74) is 3.14. The molecule has 2 heterocycles. The first-order chi connectivity index (χ1) is 12.5. The molecule has 1 atom stereocenters. The highest BCUT2D eigenvalue weighted by Crippen LogP contribution is 2.24. The van der Waals surface area contributed by atoms with Crippen LogP contribution in [0.3, 0.4) is 0 Å². The summed E-state index contributed by atoms with van der Waals surface area (Å²) >= 11 is 7.68. The molecule has 0 radical (unpaired) electrons. The van der Waals surface area contributed by atoms with Crippen LogP contribution in [0.2, 0.25) is 5.02 Å². The minimum absolute atomic E-state index is 0.0128. The fraction of sp³-hybridized carbons (Fsp3) is 0.300. The van der Waals surface area contributed by atoms with Gasteiger partial charge in [0.15, 0.2) is 0 Å². The maximum Gasteiger partial charge on any atom is 0.220 e. The Balaban J connectivity index is 1.63. The van der Waals surface area contributed by atoms with Crippen molar-refractivity contribution in [3.63, 3.8) is 0 Å². The van der Waals surface area contributed by atoms with E-state index >= 15 is 0 Å². The van der Waals surface area contributed by atoms with Crippen molar-refractivity contribution in [1.82, 2.24) is 15.1 Å². The van der Waals surface area contributed by atoms with Crippen LogP contribution in [0.4, 0.5) is 0 Å². The van der Waals surface area contributed by atoms with Gasteiger partial charge < -0.3 is 5.32 Å². The van der Waals surface area contributed by atoms with Crippen molar-refractivity contribution >= 4 is 28.8 Å². The maximum atomic E-state index is 12.3. The van der Waals surface area contributed by atoms with Crippen LogP contribution in [0, 0.1) is 13.8 Å². The summed E-state index contributed by atoms with van der Waals surface area (Å²) in [6, 6.07) is 13.8. The normalized spacial score (nSPS) is 12.1. The molecule has 0 aliphatic carbocycles. The largest absolute Gasteiger partial charge is 0.354 e. The van der Waals surface area contributed by atoms with Crippen LogP contribution >= 0.6 is 22.9 Å². The van der Waals surface area contributed by atoms with Crippen LogP contribution in [0.1, 0.15) is 34.3 Å². The van der Waals surface area contributed by atoms with E-state index < -0.39 is 0 Å². The molecule has 3 rings (SSSR count). The summed E-state index contributed by atoms with van der Waals surface area (Å²) < 4.78 is 2.00. The lowest BCUT2D eigenvalue weighted by Crippen LogP contribution is -2.32. The zero-order chi connectivity index (χ0) is 18.5. The average molecular weight is 388 g/mol. The number of halogens is 1. The number of benzene rings is 1. The van der Waals surface area contributed by atoms with Gasteiger partial charge in [0.2, 0.25) is 5.91 Å². The van der Waals surface area contributed by atoms with Gasteiger partial charge in [-0.1, -0.05) is 29.8 Å². The molecule has 0 spiro atoms. The molecular formula is C20H22ClN3OS. The van der Waals surface area contributed by atoms with E-state index in [2.05, 4.69) is 27.9 Å². The Hall–Kier alpha value is -2.11. The number of aryl methyl sites for hydroxylation is 3. The van der Waals surface area contributed by atoms with Crippen molar-refractivity contribution in [2.75, 3.05) is 6.54 Å². The van der Waals surface area contributed by atoms with Crippen molar-refractivity contribution in [1.29, 1.82) is 0 Å². The number of nitrogens with zero attached hydrogens (tertiary/aromatic N) is 2. The molecule has 136 valence electrons. The molecule has 0 fully saturated rings. The van der Waals surface area contributed by atoms with E-state index in [9.17, 15) is 4.79 Å². The quantitative estimate of drug-likeness (QED) is 0.646.